The molecule has 36 heavy (non-hydrogen) atoms. The van der Waals surface area contributed by atoms with Crippen molar-refractivity contribution in [2.75, 3.05) is 13.1 Å². The van der Waals surface area contributed by atoms with Crippen LogP contribution in [0.25, 0.3) is 0 Å². The lowest BCUT2D eigenvalue weighted by Gasteiger charge is -2.30. The van der Waals surface area contributed by atoms with Crippen molar-refractivity contribution < 1.29 is 24.3 Å². The fourth-order valence-corrected chi connectivity index (χ4v) is 4.34. The van der Waals surface area contributed by atoms with Crippen LogP contribution in [0.2, 0.25) is 0 Å². The smallest absolute Gasteiger partial charge is 0.326 e. The molecule has 10 heteroatoms. The van der Waals surface area contributed by atoms with Gasteiger partial charge in [0.15, 0.2) is 0 Å². The summed E-state index contributed by atoms with van der Waals surface area (Å²) in [6.45, 7) is 4.73. The molecule has 1 aromatic rings. The van der Waals surface area contributed by atoms with Gasteiger partial charge >= 0.3 is 5.97 Å². The molecule has 1 aliphatic rings. The number of carboxylic acid groups (broad SMARTS) is 1. The number of carboxylic acids is 1. The van der Waals surface area contributed by atoms with Gasteiger partial charge in [-0.25, -0.2) is 4.79 Å². The van der Waals surface area contributed by atoms with E-state index >= 15 is 0 Å². The van der Waals surface area contributed by atoms with E-state index in [0.29, 0.717) is 45.2 Å². The summed E-state index contributed by atoms with van der Waals surface area (Å²) in [7, 11) is 0. The van der Waals surface area contributed by atoms with Crippen LogP contribution >= 0.6 is 0 Å². The Kier molecular flexibility index (Phi) is 11.8. The molecule has 0 spiro atoms. The molecule has 1 saturated heterocycles. The van der Waals surface area contributed by atoms with E-state index in [4.69, 9.17) is 11.5 Å². The van der Waals surface area contributed by atoms with E-state index in [1.807, 2.05) is 19.9 Å². The number of benzene rings is 1. The minimum Gasteiger partial charge on any atom is -0.480 e. The Labute approximate surface area is 213 Å². The number of rotatable bonds is 14. The molecule has 2 rings (SSSR count). The number of hydrogen-bond acceptors (Lipinski definition) is 6. The zero-order valence-corrected chi connectivity index (χ0v) is 21.3. The third kappa shape index (κ3) is 8.30. The van der Waals surface area contributed by atoms with Crippen LogP contribution < -0.4 is 22.1 Å². The molecule has 5 unspecified atom stereocenters. The van der Waals surface area contributed by atoms with Crippen molar-refractivity contribution in [3.8, 4) is 0 Å². The second-order valence-electron chi connectivity index (χ2n) is 9.54. The second-order valence-corrected chi connectivity index (χ2v) is 9.54. The topological polar surface area (TPSA) is 168 Å². The lowest BCUT2D eigenvalue weighted by atomic mass is 9.98. The highest BCUT2D eigenvalue weighted by Crippen LogP contribution is 2.21. The van der Waals surface area contributed by atoms with Gasteiger partial charge in [-0.3, -0.25) is 14.4 Å². The standard InChI is InChI=1S/C26H41N5O5/c1-3-17(2)22(28)25(34)31-15-9-13-21(31)24(33)29-19(12-7-8-14-27)23(32)30-20(26(35)36)16-18-10-5-4-6-11-18/h4-6,10-11,17,19-22H,3,7-9,12-16,27-28H2,1-2H3,(H,29,33)(H,30,32)(H,35,36). The maximum absolute atomic E-state index is 13.2. The van der Waals surface area contributed by atoms with Crippen molar-refractivity contribution in [3.63, 3.8) is 0 Å². The van der Waals surface area contributed by atoms with Crippen molar-refractivity contribution in [2.24, 2.45) is 17.4 Å². The average molecular weight is 504 g/mol. The summed E-state index contributed by atoms with van der Waals surface area (Å²) in [6, 6.07) is 5.51. The van der Waals surface area contributed by atoms with Gasteiger partial charge in [0, 0.05) is 13.0 Å². The Balaban J connectivity index is 2.11. The first kappa shape index (κ1) is 29.3. The van der Waals surface area contributed by atoms with Gasteiger partial charge in [0.25, 0.3) is 0 Å². The number of aliphatic carboxylic acids is 1. The molecular formula is C26H41N5O5. The number of hydrogen-bond donors (Lipinski definition) is 5. The Bertz CT molecular complexity index is 881. The number of nitrogens with zero attached hydrogens (tertiary/aromatic N) is 1. The summed E-state index contributed by atoms with van der Waals surface area (Å²) in [5.74, 6) is -2.45. The first-order valence-electron chi connectivity index (χ1n) is 12.8. The third-order valence-corrected chi connectivity index (χ3v) is 6.86. The molecule has 1 fully saturated rings. The van der Waals surface area contributed by atoms with E-state index in [1.54, 1.807) is 24.3 Å². The number of likely N-dealkylation sites (tertiary alicyclic amines) is 1. The normalized spacial score (nSPS) is 18.7. The Hall–Kier alpha value is -2.98. The third-order valence-electron chi connectivity index (χ3n) is 6.86. The van der Waals surface area contributed by atoms with Crippen LogP contribution in [0.3, 0.4) is 0 Å². The minimum absolute atomic E-state index is 0.0193. The number of carbonyl (C=O) groups is 4. The van der Waals surface area contributed by atoms with E-state index in [2.05, 4.69) is 10.6 Å². The number of unbranched alkanes of at least 4 members (excludes halogenated alkanes) is 1. The Morgan fingerprint density at radius 1 is 1.11 bits per heavy atom. The highest BCUT2D eigenvalue weighted by Gasteiger charge is 2.38. The molecule has 7 N–H and O–H groups in total. The van der Waals surface area contributed by atoms with Crippen LogP contribution in [-0.4, -0.2) is 71.0 Å². The summed E-state index contributed by atoms with van der Waals surface area (Å²) in [5, 5.41) is 15.0. The summed E-state index contributed by atoms with van der Waals surface area (Å²) in [5.41, 5.74) is 12.5. The van der Waals surface area contributed by atoms with Crippen molar-refractivity contribution >= 4 is 23.7 Å². The van der Waals surface area contributed by atoms with E-state index in [1.165, 1.54) is 4.90 Å². The SMILES string of the molecule is CCC(C)C(N)C(=O)N1CCCC1C(=O)NC(CCCCN)C(=O)NC(Cc1ccccc1)C(=O)O. The number of carbonyl (C=O) groups excluding carboxylic acids is 3. The quantitative estimate of drug-likeness (QED) is 0.234. The maximum Gasteiger partial charge on any atom is 0.326 e. The number of nitrogens with one attached hydrogen (secondary N) is 2. The predicted molar refractivity (Wildman–Crippen MR) is 137 cm³/mol. The van der Waals surface area contributed by atoms with Crippen LogP contribution in [0.5, 0.6) is 0 Å². The fraction of sp³-hybridized carbons (Fsp3) is 0.615. The van der Waals surface area contributed by atoms with E-state index in [0.717, 1.165) is 12.0 Å². The first-order chi connectivity index (χ1) is 17.2. The molecule has 200 valence electrons. The molecule has 0 bridgehead atoms. The van der Waals surface area contributed by atoms with Crippen LogP contribution in [0.15, 0.2) is 30.3 Å². The van der Waals surface area contributed by atoms with Gasteiger partial charge in [-0.1, -0.05) is 50.6 Å². The van der Waals surface area contributed by atoms with E-state index in [9.17, 15) is 24.3 Å². The largest absolute Gasteiger partial charge is 0.480 e. The van der Waals surface area contributed by atoms with Gasteiger partial charge in [0.1, 0.15) is 18.1 Å². The molecule has 3 amide bonds. The van der Waals surface area contributed by atoms with Crippen molar-refractivity contribution in [2.45, 2.75) is 83.0 Å². The van der Waals surface area contributed by atoms with Crippen LogP contribution in [0, 0.1) is 5.92 Å². The van der Waals surface area contributed by atoms with Crippen LogP contribution in [0.1, 0.15) is 57.9 Å². The molecule has 0 saturated carbocycles. The maximum atomic E-state index is 13.2. The molecule has 0 aromatic heterocycles. The van der Waals surface area contributed by atoms with Crippen LogP contribution in [-0.2, 0) is 25.6 Å². The highest BCUT2D eigenvalue weighted by atomic mass is 16.4. The molecule has 0 radical (unpaired) electrons. The summed E-state index contributed by atoms with van der Waals surface area (Å²) in [6.07, 6.45) is 3.55. The molecule has 0 aliphatic carbocycles. The first-order valence-corrected chi connectivity index (χ1v) is 12.8. The van der Waals surface area contributed by atoms with Crippen molar-refractivity contribution in [1.82, 2.24) is 15.5 Å². The van der Waals surface area contributed by atoms with E-state index < -0.39 is 42.0 Å². The lowest BCUT2D eigenvalue weighted by Crippen LogP contribution is -2.57. The second kappa shape index (κ2) is 14.5. The minimum atomic E-state index is -1.16. The van der Waals surface area contributed by atoms with Gasteiger partial charge in [-0.15, -0.1) is 0 Å². The van der Waals surface area contributed by atoms with Gasteiger partial charge in [-0.2, -0.15) is 0 Å². The van der Waals surface area contributed by atoms with Gasteiger partial charge in [0.2, 0.25) is 17.7 Å². The van der Waals surface area contributed by atoms with Crippen molar-refractivity contribution in [3.05, 3.63) is 35.9 Å². The fourth-order valence-electron chi connectivity index (χ4n) is 4.34. The predicted octanol–water partition coefficient (Wildman–Crippen LogP) is 0.777. The number of amides is 3. The molecule has 5 atom stereocenters. The molecule has 1 aliphatic heterocycles. The lowest BCUT2D eigenvalue weighted by molar-refractivity contribution is -0.143. The van der Waals surface area contributed by atoms with Crippen LogP contribution in [0.4, 0.5) is 0 Å². The zero-order valence-electron chi connectivity index (χ0n) is 21.3. The molecule has 1 heterocycles. The Morgan fingerprint density at radius 2 is 1.81 bits per heavy atom. The summed E-state index contributed by atoms with van der Waals surface area (Å²) < 4.78 is 0. The van der Waals surface area contributed by atoms with E-state index in [-0.39, 0.29) is 18.2 Å². The molecular weight excluding hydrogens is 462 g/mol. The van der Waals surface area contributed by atoms with Gasteiger partial charge < -0.3 is 32.1 Å². The zero-order chi connectivity index (χ0) is 26.7. The summed E-state index contributed by atoms with van der Waals surface area (Å²) in [4.78, 5) is 52.6. The monoisotopic (exact) mass is 503 g/mol. The highest BCUT2D eigenvalue weighted by molar-refractivity contribution is 5.94. The molecule has 1 aromatic carbocycles. The van der Waals surface area contributed by atoms with Gasteiger partial charge in [-0.05, 0) is 50.1 Å². The average Bonchev–Trinajstić information content (AvgIpc) is 3.37. The number of nitrogens with two attached hydrogens (primary N) is 2. The molecule has 10 nitrogen and oxygen atoms in total. The Morgan fingerprint density at radius 3 is 2.42 bits per heavy atom. The van der Waals surface area contributed by atoms with Crippen molar-refractivity contribution in [1.29, 1.82) is 0 Å². The van der Waals surface area contributed by atoms with Gasteiger partial charge in [0.05, 0.1) is 6.04 Å². The summed E-state index contributed by atoms with van der Waals surface area (Å²) >= 11 is 0.